The molecule has 0 spiro atoms. The average Bonchev–Trinajstić information content (AvgIpc) is 2.95. The number of fused-ring (bicyclic) bond motifs is 1. The molecular weight excluding hydrogens is 321 g/mol. The topological polar surface area (TPSA) is 85.1 Å². The molecule has 0 amide bonds. The minimum absolute atomic E-state index is 0.0438. The van der Waals surface area contributed by atoms with Crippen LogP contribution in [0.2, 0.25) is 5.15 Å². The Hall–Kier alpha value is -2.32. The Morgan fingerprint density at radius 1 is 1.48 bits per heavy atom. The number of carbonyl (C=O) groups is 1. The molecule has 0 aliphatic heterocycles. The van der Waals surface area contributed by atoms with E-state index in [9.17, 15) is 14.0 Å². The maximum atomic E-state index is 13.5. The Kier molecular flexibility index (Phi) is 3.19. The van der Waals surface area contributed by atoms with Crippen LogP contribution in [-0.4, -0.2) is 25.6 Å². The molecule has 3 aromatic rings. The molecule has 0 saturated heterocycles. The van der Waals surface area contributed by atoms with Gasteiger partial charge in [0.15, 0.2) is 16.6 Å². The number of pyridine rings is 2. The maximum Gasteiger partial charge on any atom is 0.341 e. The van der Waals surface area contributed by atoms with E-state index >= 15 is 0 Å². The van der Waals surface area contributed by atoms with Crippen molar-refractivity contribution in [3.63, 3.8) is 0 Å². The normalized spacial score (nSPS) is 11.0. The summed E-state index contributed by atoms with van der Waals surface area (Å²) < 4.78 is 14.8. The molecule has 9 heteroatoms. The quantitative estimate of drug-likeness (QED) is 0.731. The highest BCUT2D eigenvalue weighted by atomic mass is 35.5. The van der Waals surface area contributed by atoms with Gasteiger partial charge in [0.2, 0.25) is 5.43 Å². The van der Waals surface area contributed by atoms with E-state index in [2.05, 4.69) is 9.97 Å². The van der Waals surface area contributed by atoms with Crippen molar-refractivity contribution in [3.05, 3.63) is 49.9 Å². The third-order valence-electron chi connectivity index (χ3n) is 2.79. The van der Waals surface area contributed by atoms with Crippen LogP contribution in [0.1, 0.15) is 10.4 Å². The van der Waals surface area contributed by atoms with Gasteiger partial charge in [-0.05, 0) is 6.07 Å². The van der Waals surface area contributed by atoms with Gasteiger partial charge in [-0.1, -0.05) is 11.6 Å². The van der Waals surface area contributed by atoms with Gasteiger partial charge in [-0.15, -0.1) is 11.3 Å². The van der Waals surface area contributed by atoms with Crippen molar-refractivity contribution in [1.82, 2.24) is 14.5 Å². The molecule has 0 bridgehead atoms. The number of nitrogens with zero attached hydrogens (tertiary/aromatic N) is 3. The predicted octanol–water partition coefficient (Wildman–Crippen LogP) is 2.33. The van der Waals surface area contributed by atoms with Gasteiger partial charge in [0.25, 0.3) is 0 Å². The molecule has 3 heterocycles. The summed E-state index contributed by atoms with van der Waals surface area (Å²) in [6.07, 6.45) is 1.10. The second-order valence-electron chi connectivity index (χ2n) is 4.03. The van der Waals surface area contributed by atoms with Gasteiger partial charge in [0.1, 0.15) is 11.4 Å². The number of rotatable bonds is 2. The third-order valence-corrected chi connectivity index (χ3v) is 3.62. The standard InChI is InChI=1S/C12H5ClFN3O3S/c13-10-7(14)1-5-9(18)6(12(19)20)2-17(11(5)16-10)8-3-21-4-15-8/h1-4H,(H,19,20). The van der Waals surface area contributed by atoms with Crippen LogP contribution in [0.3, 0.4) is 0 Å². The van der Waals surface area contributed by atoms with E-state index in [0.29, 0.717) is 5.82 Å². The molecule has 106 valence electrons. The van der Waals surface area contributed by atoms with E-state index in [1.807, 2.05) is 0 Å². The molecule has 21 heavy (non-hydrogen) atoms. The molecule has 0 aliphatic carbocycles. The van der Waals surface area contributed by atoms with Gasteiger partial charge < -0.3 is 5.11 Å². The first kappa shape index (κ1) is 13.7. The molecule has 1 N–H and O–H groups in total. The zero-order chi connectivity index (χ0) is 15.1. The van der Waals surface area contributed by atoms with E-state index in [4.69, 9.17) is 16.7 Å². The van der Waals surface area contributed by atoms with E-state index in [-0.39, 0.29) is 11.0 Å². The van der Waals surface area contributed by atoms with Crippen LogP contribution in [0.15, 0.2) is 27.9 Å². The lowest BCUT2D eigenvalue weighted by Gasteiger charge is -2.09. The molecule has 3 rings (SSSR count). The monoisotopic (exact) mass is 325 g/mol. The van der Waals surface area contributed by atoms with Crippen LogP contribution in [0.5, 0.6) is 0 Å². The number of aromatic carboxylic acids is 1. The summed E-state index contributed by atoms with van der Waals surface area (Å²) in [7, 11) is 0. The van der Waals surface area contributed by atoms with Crippen LogP contribution < -0.4 is 5.43 Å². The molecule has 0 aromatic carbocycles. The fourth-order valence-corrected chi connectivity index (χ4v) is 2.51. The van der Waals surface area contributed by atoms with Crippen molar-refractivity contribution in [1.29, 1.82) is 0 Å². The Morgan fingerprint density at radius 2 is 2.24 bits per heavy atom. The molecule has 0 aliphatic rings. The fraction of sp³-hybridized carbons (Fsp3) is 0. The molecule has 0 fully saturated rings. The summed E-state index contributed by atoms with van der Waals surface area (Å²) >= 11 is 6.92. The summed E-state index contributed by atoms with van der Waals surface area (Å²) in [6.45, 7) is 0. The van der Waals surface area contributed by atoms with Crippen molar-refractivity contribution < 1.29 is 14.3 Å². The SMILES string of the molecule is O=C(O)c1cn(-c2cscn2)c2nc(Cl)c(F)cc2c1=O. The van der Waals surface area contributed by atoms with Crippen molar-refractivity contribution >= 4 is 39.9 Å². The van der Waals surface area contributed by atoms with E-state index in [0.717, 1.165) is 12.3 Å². The van der Waals surface area contributed by atoms with Gasteiger partial charge in [0, 0.05) is 11.6 Å². The largest absolute Gasteiger partial charge is 0.477 e. The van der Waals surface area contributed by atoms with Gasteiger partial charge in [-0.25, -0.2) is 19.2 Å². The number of aromatic nitrogens is 3. The predicted molar refractivity (Wildman–Crippen MR) is 74.9 cm³/mol. The maximum absolute atomic E-state index is 13.5. The zero-order valence-electron chi connectivity index (χ0n) is 10.1. The highest BCUT2D eigenvalue weighted by molar-refractivity contribution is 7.07. The lowest BCUT2D eigenvalue weighted by atomic mass is 10.2. The lowest BCUT2D eigenvalue weighted by molar-refractivity contribution is 0.0695. The molecule has 6 nitrogen and oxygen atoms in total. The van der Waals surface area contributed by atoms with Gasteiger partial charge in [-0.2, -0.15) is 0 Å². The van der Waals surface area contributed by atoms with Crippen molar-refractivity contribution in [3.8, 4) is 5.82 Å². The van der Waals surface area contributed by atoms with E-state index in [1.165, 1.54) is 21.4 Å². The second-order valence-corrected chi connectivity index (χ2v) is 5.10. The number of carboxylic acids is 1. The number of carboxylic acid groups (broad SMARTS) is 1. The number of halogens is 2. The Bertz CT molecular complexity index is 924. The average molecular weight is 326 g/mol. The zero-order valence-corrected chi connectivity index (χ0v) is 11.7. The Morgan fingerprint density at radius 3 is 2.86 bits per heavy atom. The van der Waals surface area contributed by atoms with Gasteiger partial charge >= 0.3 is 5.97 Å². The Labute approximate surface area is 125 Å². The third kappa shape index (κ3) is 2.18. The van der Waals surface area contributed by atoms with Crippen LogP contribution in [0.25, 0.3) is 16.9 Å². The van der Waals surface area contributed by atoms with Crippen molar-refractivity contribution in [2.45, 2.75) is 0 Å². The summed E-state index contributed by atoms with van der Waals surface area (Å²) in [6, 6.07) is 0.877. The molecule has 0 radical (unpaired) electrons. The number of thiazole rings is 1. The highest BCUT2D eigenvalue weighted by Gasteiger charge is 2.18. The van der Waals surface area contributed by atoms with E-state index < -0.39 is 27.9 Å². The van der Waals surface area contributed by atoms with Crippen LogP contribution in [0, 0.1) is 5.82 Å². The van der Waals surface area contributed by atoms with Crippen LogP contribution in [-0.2, 0) is 0 Å². The summed E-state index contributed by atoms with van der Waals surface area (Å²) in [5.74, 6) is -1.95. The summed E-state index contributed by atoms with van der Waals surface area (Å²) in [5.41, 5.74) is 0.249. The Balaban J connectivity index is 2.51. The van der Waals surface area contributed by atoms with Gasteiger partial charge in [-0.3, -0.25) is 9.36 Å². The summed E-state index contributed by atoms with van der Waals surface area (Å²) in [5, 5.41) is 10.1. The van der Waals surface area contributed by atoms with E-state index in [1.54, 1.807) is 5.38 Å². The van der Waals surface area contributed by atoms with Crippen LogP contribution >= 0.6 is 22.9 Å². The van der Waals surface area contributed by atoms with Gasteiger partial charge in [0.05, 0.1) is 10.9 Å². The first-order valence-electron chi connectivity index (χ1n) is 5.52. The molecule has 0 unspecified atom stereocenters. The van der Waals surface area contributed by atoms with Crippen molar-refractivity contribution in [2.75, 3.05) is 0 Å². The van der Waals surface area contributed by atoms with Crippen LogP contribution in [0.4, 0.5) is 4.39 Å². The number of hydrogen-bond donors (Lipinski definition) is 1. The lowest BCUT2D eigenvalue weighted by Crippen LogP contribution is -2.19. The molecule has 0 atom stereocenters. The smallest absolute Gasteiger partial charge is 0.341 e. The first-order chi connectivity index (χ1) is 9.99. The number of hydrogen-bond acceptors (Lipinski definition) is 5. The highest BCUT2D eigenvalue weighted by Crippen LogP contribution is 2.20. The fourth-order valence-electron chi connectivity index (χ4n) is 1.85. The first-order valence-corrected chi connectivity index (χ1v) is 6.84. The minimum Gasteiger partial charge on any atom is -0.477 e. The molecule has 3 aromatic heterocycles. The summed E-state index contributed by atoms with van der Waals surface area (Å²) in [4.78, 5) is 31.1. The molecular formula is C12H5ClFN3O3S. The second kappa shape index (κ2) is 4.90. The molecule has 0 saturated carbocycles. The van der Waals surface area contributed by atoms with Crippen molar-refractivity contribution in [2.24, 2.45) is 0 Å². The minimum atomic E-state index is -1.42.